The van der Waals surface area contributed by atoms with E-state index >= 15 is 0 Å². The van der Waals surface area contributed by atoms with E-state index in [9.17, 15) is 13.2 Å². The fraction of sp³-hybridized carbons (Fsp3) is 0.714. The molecular weight excluding hydrogens is 297 g/mol. The van der Waals surface area contributed by atoms with Crippen LogP contribution in [0.5, 0.6) is 0 Å². The third-order valence-electron chi connectivity index (χ3n) is 3.54. The Bertz CT molecular complexity index is 489. The maximum Gasteiger partial charge on any atom is 0.433 e. The predicted octanol–water partition coefficient (Wildman–Crippen LogP) is 3.30. The fourth-order valence-corrected chi connectivity index (χ4v) is 2.09. The van der Waals surface area contributed by atoms with Gasteiger partial charge in [-0.1, -0.05) is 6.92 Å². The molecule has 0 radical (unpaired) electrons. The summed E-state index contributed by atoms with van der Waals surface area (Å²) >= 11 is 0. The van der Waals surface area contributed by atoms with Crippen molar-refractivity contribution < 1.29 is 17.9 Å². The number of hydrogen-bond donors (Lipinski definition) is 2. The van der Waals surface area contributed by atoms with Crippen LogP contribution in [-0.4, -0.2) is 35.3 Å². The molecule has 0 aliphatic carbocycles. The second-order valence-corrected chi connectivity index (χ2v) is 5.43. The fourth-order valence-electron chi connectivity index (χ4n) is 2.09. The molecule has 1 saturated heterocycles. The molecule has 1 fully saturated rings. The number of alkyl halides is 3. The van der Waals surface area contributed by atoms with Gasteiger partial charge in [-0.2, -0.15) is 18.2 Å². The topological polar surface area (TPSA) is 59.1 Å². The Kier molecular flexibility index (Phi) is 5.44. The minimum atomic E-state index is -4.50. The summed E-state index contributed by atoms with van der Waals surface area (Å²) in [6.45, 7) is 4.94. The lowest BCUT2D eigenvalue weighted by Crippen LogP contribution is -2.22. The van der Waals surface area contributed by atoms with Crippen molar-refractivity contribution in [1.82, 2.24) is 9.97 Å². The Labute approximate surface area is 127 Å². The van der Waals surface area contributed by atoms with E-state index < -0.39 is 11.9 Å². The van der Waals surface area contributed by atoms with Crippen LogP contribution in [0, 0.1) is 0 Å². The smallest absolute Gasteiger partial charge is 0.376 e. The lowest BCUT2D eigenvalue weighted by Gasteiger charge is -2.16. The van der Waals surface area contributed by atoms with Gasteiger partial charge in [-0.3, -0.25) is 0 Å². The molecule has 0 aromatic carbocycles. The first-order valence-corrected chi connectivity index (χ1v) is 7.46. The van der Waals surface area contributed by atoms with Gasteiger partial charge in [0, 0.05) is 25.3 Å². The van der Waals surface area contributed by atoms with Crippen LogP contribution < -0.4 is 10.6 Å². The minimum Gasteiger partial charge on any atom is -0.376 e. The molecule has 2 heterocycles. The van der Waals surface area contributed by atoms with Gasteiger partial charge in [0.15, 0.2) is 5.69 Å². The Morgan fingerprint density at radius 2 is 2.18 bits per heavy atom. The number of anilines is 2. The van der Waals surface area contributed by atoms with Gasteiger partial charge < -0.3 is 15.4 Å². The number of hydrogen-bond acceptors (Lipinski definition) is 5. The van der Waals surface area contributed by atoms with Gasteiger partial charge in [0.1, 0.15) is 5.82 Å². The molecule has 5 nitrogen and oxygen atoms in total. The van der Waals surface area contributed by atoms with E-state index in [1.54, 1.807) is 0 Å². The molecule has 0 saturated carbocycles. The van der Waals surface area contributed by atoms with Gasteiger partial charge in [-0.05, 0) is 26.2 Å². The van der Waals surface area contributed by atoms with Gasteiger partial charge in [0.05, 0.1) is 6.10 Å². The highest BCUT2D eigenvalue weighted by Gasteiger charge is 2.34. The molecule has 8 heteroatoms. The van der Waals surface area contributed by atoms with E-state index in [1.165, 1.54) is 0 Å². The summed E-state index contributed by atoms with van der Waals surface area (Å²) in [5.74, 6) is 0.141. The summed E-state index contributed by atoms with van der Waals surface area (Å²) in [6.07, 6.45) is -1.84. The highest BCUT2D eigenvalue weighted by atomic mass is 19.4. The quantitative estimate of drug-likeness (QED) is 0.843. The average molecular weight is 318 g/mol. The normalized spacial score (nSPS) is 20.0. The summed E-state index contributed by atoms with van der Waals surface area (Å²) in [6, 6.07) is 0.922. The highest BCUT2D eigenvalue weighted by molar-refractivity contribution is 5.43. The number of halogens is 3. The number of aromatic nitrogens is 2. The first kappa shape index (κ1) is 16.8. The molecular formula is C14H21F3N4O. The summed E-state index contributed by atoms with van der Waals surface area (Å²) in [7, 11) is 0. The van der Waals surface area contributed by atoms with E-state index in [4.69, 9.17) is 4.74 Å². The summed E-state index contributed by atoms with van der Waals surface area (Å²) in [5, 5.41) is 5.79. The molecule has 2 N–H and O–H groups in total. The molecule has 0 spiro atoms. The van der Waals surface area contributed by atoms with Crippen molar-refractivity contribution >= 4 is 11.8 Å². The molecule has 22 heavy (non-hydrogen) atoms. The number of nitrogens with zero attached hydrogens (tertiary/aromatic N) is 2. The zero-order chi connectivity index (χ0) is 16.2. The molecule has 124 valence electrons. The molecule has 1 aromatic rings. The number of ether oxygens (including phenoxy) is 1. The van der Waals surface area contributed by atoms with Gasteiger partial charge in [-0.15, -0.1) is 0 Å². The SMILES string of the molecule is CC[C@@H](C)Nc1nc(NC[C@@H]2CCCO2)cc(C(F)(F)F)n1. The molecule has 1 aliphatic heterocycles. The first-order chi connectivity index (χ1) is 10.4. The second kappa shape index (κ2) is 7.13. The Morgan fingerprint density at radius 3 is 2.77 bits per heavy atom. The number of rotatable bonds is 6. The third-order valence-corrected chi connectivity index (χ3v) is 3.54. The van der Waals surface area contributed by atoms with Crippen LogP contribution in [0.4, 0.5) is 24.9 Å². The molecule has 1 aromatic heterocycles. The second-order valence-electron chi connectivity index (χ2n) is 5.43. The Hall–Kier alpha value is -1.57. The molecule has 0 amide bonds. The molecule has 2 atom stereocenters. The molecule has 2 rings (SSSR count). The average Bonchev–Trinajstić information content (AvgIpc) is 2.97. The first-order valence-electron chi connectivity index (χ1n) is 7.46. The van der Waals surface area contributed by atoms with E-state index in [1.807, 2.05) is 13.8 Å². The molecule has 0 bridgehead atoms. The van der Waals surface area contributed by atoms with Gasteiger partial charge in [0.25, 0.3) is 0 Å². The van der Waals surface area contributed by atoms with Crippen molar-refractivity contribution in [2.45, 2.75) is 51.4 Å². The van der Waals surface area contributed by atoms with Crippen LogP contribution in [0.25, 0.3) is 0 Å². The highest BCUT2D eigenvalue weighted by Crippen LogP contribution is 2.30. The van der Waals surface area contributed by atoms with Gasteiger partial charge in [-0.25, -0.2) is 4.98 Å². The molecule has 0 unspecified atom stereocenters. The van der Waals surface area contributed by atoms with Crippen LogP contribution in [0.15, 0.2) is 6.07 Å². The van der Waals surface area contributed by atoms with E-state index in [0.29, 0.717) is 13.2 Å². The van der Waals surface area contributed by atoms with Gasteiger partial charge >= 0.3 is 6.18 Å². The summed E-state index contributed by atoms with van der Waals surface area (Å²) in [5.41, 5.74) is -0.955. The van der Waals surface area contributed by atoms with Crippen molar-refractivity contribution in [2.75, 3.05) is 23.8 Å². The van der Waals surface area contributed by atoms with Crippen LogP contribution in [-0.2, 0) is 10.9 Å². The maximum atomic E-state index is 12.9. The van der Waals surface area contributed by atoms with Gasteiger partial charge in [0.2, 0.25) is 5.95 Å². The van der Waals surface area contributed by atoms with Crippen molar-refractivity contribution in [1.29, 1.82) is 0 Å². The third kappa shape index (κ3) is 4.72. The summed E-state index contributed by atoms with van der Waals surface area (Å²) in [4.78, 5) is 7.66. The number of nitrogens with one attached hydrogen (secondary N) is 2. The lowest BCUT2D eigenvalue weighted by molar-refractivity contribution is -0.141. The van der Waals surface area contributed by atoms with Crippen LogP contribution in [0.2, 0.25) is 0 Å². The standard InChI is InChI=1S/C14H21F3N4O/c1-3-9(2)19-13-20-11(14(15,16)17)7-12(21-13)18-8-10-5-4-6-22-10/h7,9-10H,3-6,8H2,1-2H3,(H2,18,19,20,21)/t9-,10+/m1/s1. The van der Waals surface area contributed by atoms with Crippen LogP contribution in [0.3, 0.4) is 0 Å². The van der Waals surface area contributed by atoms with E-state index in [-0.39, 0.29) is 23.9 Å². The van der Waals surface area contributed by atoms with Crippen LogP contribution in [0.1, 0.15) is 38.8 Å². The lowest BCUT2D eigenvalue weighted by atomic mass is 10.2. The Morgan fingerprint density at radius 1 is 1.41 bits per heavy atom. The molecule has 1 aliphatic rings. The van der Waals surface area contributed by atoms with E-state index in [2.05, 4.69) is 20.6 Å². The van der Waals surface area contributed by atoms with Crippen molar-refractivity contribution in [2.24, 2.45) is 0 Å². The largest absolute Gasteiger partial charge is 0.433 e. The Balaban J connectivity index is 2.13. The minimum absolute atomic E-state index is 0.00509. The van der Waals surface area contributed by atoms with Crippen molar-refractivity contribution in [3.8, 4) is 0 Å². The van der Waals surface area contributed by atoms with Crippen molar-refractivity contribution in [3.05, 3.63) is 11.8 Å². The van der Waals surface area contributed by atoms with Crippen molar-refractivity contribution in [3.63, 3.8) is 0 Å². The summed E-state index contributed by atoms with van der Waals surface area (Å²) < 4.78 is 44.3. The predicted molar refractivity (Wildman–Crippen MR) is 77.9 cm³/mol. The van der Waals surface area contributed by atoms with Crippen LogP contribution >= 0.6 is 0 Å². The maximum absolute atomic E-state index is 12.9. The zero-order valence-corrected chi connectivity index (χ0v) is 12.7. The zero-order valence-electron chi connectivity index (χ0n) is 12.7. The van der Waals surface area contributed by atoms with E-state index in [0.717, 1.165) is 25.3 Å². The monoisotopic (exact) mass is 318 g/mol.